The standard InChI is InChI=1S/C44H76O15P2/c1-3-5-7-8-9-10-11-12-13-14-15-16-20-23-27-33-43(48)55-37-42(38-58-61(53,54)57-36-41(47)35-56-60(50,51)52)59-44(49)34-28-32-40(46)31-26-22-19-17-18-21-25-30-39(45)29-24-6-4-2/h9-10,12-13,18-19,21-22,25-26,30-31,39-42,45-47H,3-8,11,14-17,20,23-24,27-29,32-38H2,1-2H3,(H,53,54)(H2,50,51,52)/b10-9-,13-12-,21-18-,22-19-,30-25+,31-26+/t39-,40-,41+,42-/m1/s1. The number of aliphatic hydroxyl groups excluding tert-OH is 3. The van der Waals surface area contributed by atoms with E-state index in [9.17, 15) is 38.9 Å². The zero-order valence-corrected chi connectivity index (χ0v) is 38.2. The van der Waals surface area contributed by atoms with E-state index in [2.05, 4.69) is 47.2 Å². The molecule has 0 radical (unpaired) electrons. The minimum absolute atomic E-state index is 0.123. The van der Waals surface area contributed by atoms with E-state index in [0.29, 0.717) is 12.8 Å². The Balaban J connectivity index is 4.80. The van der Waals surface area contributed by atoms with Crippen molar-refractivity contribution in [1.29, 1.82) is 0 Å². The second kappa shape index (κ2) is 39.1. The van der Waals surface area contributed by atoms with Gasteiger partial charge in [-0.15, -0.1) is 0 Å². The second-order valence-electron chi connectivity index (χ2n) is 14.7. The maximum Gasteiger partial charge on any atom is 0.472 e. The first kappa shape index (κ1) is 58.5. The molecule has 0 aromatic rings. The van der Waals surface area contributed by atoms with Crippen LogP contribution in [0.4, 0.5) is 0 Å². The van der Waals surface area contributed by atoms with Crippen molar-refractivity contribution >= 4 is 27.6 Å². The number of carbonyl (C=O) groups excluding carboxylic acids is 2. The number of ether oxygens (including phenoxy) is 2. The van der Waals surface area contributed by atoms with Gasteiger partial charge in [-0.1, -0.05) is 138 Å². The summed E-state index contributed by atoms with van der Waals surface area (Å²) in [5.74, 6) is -1.28. The molecule has 0 aliphatic carbocycles. The molecule has 0 heterocycles. The Morgan fingerprint density at radius 3 is 1.67 bits per heavy atom. The van der Waals surface area contributed by atoms with Crippen molar-refractivity contribution in [2.75, 3.05) is 26.4 Å². The van der Waals surface area contributed by atoms with Crippen LogP contribution < -0.4 is 0 Å². The van der Waals surface area contributed by atoms with E-state index in [1.54, 1.807) is 24.3 Å². The molecule has 6 N–H and O–H groups in total. The van der Waals surface area contributed by atoms with E-state index >= 15 is 0 Å². The molecule has 352 valence electrons. The van der Waals surface area contributed by atoms with Crippen LogP contribution in [0.1, 0.15) is 142 Å². The van der Waals surface area contributed by atoms with Crippen molar-refractivity contribution in [3.05, 3.63) is 72.9 Å². The quantitative estimate of drug-likeness (QED) is 0.0111. The lowest BCUT2D eigenvalue weighted by Crippen LogP contribution is -2.30. The predicted molar refractivity (Wildman–Crippen MR) is 237 cm³/mol. The third-order valence-electron chi connectivity index (χ3n) is 8.77. The van der Waals surface area contributed by atoms with Gasteiger partial charge in [0.2, 0.25) is 0 Å². The molecule has 0 saturated heterocycles. The highest BCUT2D eigenvalue weighted by Gasteiger charge is 2.28. The number of allylic oxidation sites excluding steroid dienone is 10. The third kappa shape index (κ3) is 42.6. The van der Waals surface area contributed by atoms with Gasteiger partial charge in [-0.25, -0.2) is 9.13 Å². The first-order chi connectivity index (χ1) is 29.2. The number of unbranched alkanes of at least 4 members (excludes halogenated alkanes) is 10. The van der Waals surface area contributed by atoms with Crippen LogP contribution in [0.3, 0.4) is 0 Å². The summed E-state index contributed by atoms with van der Waals surface area (Å²) in [6.07, 6.45) is 35.3. The van der Waals surface area contributed by atoms with E-state index < -0.39 is 78.4 Å². The van der Waals surface area contributed by atoms with Gasteiger partial charge in [0.1, 0.15) is 12.7 Å². The molecule has 0 saturated carbocycles. The molecular weight excluding hydrogens is 830 g/mol. The van der Waals surface area contributed by atoms with E-state index in [-0.39, 0.29) is 25.7 Å². The summed E-state index contributed by atoms with van der Waals surface area (Å²) >= 11 is 0. The lowest BCUT2D eigenvalue weighted by molar-refractivity contribution is -0.161. The fourth-order valence-electron chi connectivity index (χ4n) is 5.35. The molecule has 17 heteroatoms. The fraction of sp³-hybridized carbons (Fsp3) is 0.682. The molecule has 5 atom stereocenters. The number of phosphoric acid groups is 2. The van der Waals surface area contributed by atoms with Gasteiger partial charge in [0.05, 0.1) is 32.0 Å². The Morgan fingerprint density at radius 1 is 0.541 bits per heavy atom. The minimum Gasteiger partial charge on any atom is -0.462 e. The van der Waals surface area contributed by atoms with Gasteiger partial charge >= 0.3 is 27.6 Å². The number of hydrogen-bond donors (Lipinski definition) is 6. The molecule has 1 unspecified atom stereocenters. The normalized spacial score (nSPS) is 15.7. The second-order valence-corrected chi connectivity index (χ2v) is 17.4. The minimum atomic E-state index is -4.90. The maximum atomic E-state index is 12.7. The Bertz CT molecular complexity index is 1390. The van der Waals surface area contributed by atoms with Crippen molar-refractivity contribution in [2.45, 2.75) is 167 Å². The van der Waals surface area contributed by atoms with Gasteiger partial charge in [0.15, 0.2) is 6.10 Å². The molecule has 0 rings (SSSR count). The molecule has 0 aromatic heterocycles. The lowest BCUT2D eigenvalue weighted by Gasteiger charge is -2.20. The third-order valence-corrected chi connectivity index (χ3v) is 10.2. The van der Waals surface area contributed by atoms with Crippen LogP contribution in [0.5, 0.6) is 0 Å². The number of rotatable bonds is 40. The van der Waals surface area contributed by atoms with Gasteiger partial charge < -0.3 is 39.5 Å². The fourth-order valence-corrected chi connectivity index (χ4v) is 6.51. The van der Waals surface area contributed by atoms with Crippen LogP contribution in [0.25, 0.3) is 0 Å². The summed E-state index contributed by atoms with van der Waals surface area (Å²) in [4.78, 5) is 52.7. The predicted octanol–water partition coefficient (Wildman–Crippen LogP) is 8.95. The van der Waals surface area contributed by atoms with Gasteiger partial charge in [-0.2, -0.15) is 0 Å². The topological polar surface area (TPSA) is 236 Å². The van der Waals surface area contributed by atoms with Crippen LogP contribution in [0.2, 0.25) is 0 Å². The number of phosphoric ester groups is 2. The molecule has 61 heavy (non-hydrogen) atoms. The first-order valence-electron chi connectivity index (χ1n) is 21.8. The molecular formula is C44H76O15P2. The van der Waals surface area contributed by atoms with Crippen LogP contribution in [0, 0.1) is 0 Å². The molecule has 15 nitrogen and oxygen atoms in total. The highest BCUT2D eigenvalue weighted by Crippen LogP contribution is 2.43. The highest BCUT2D eigenvalue weighted by molar-refractivity contribution is 7.47. The molecule has 0 aliphatic rings. The zero-order chi connectivity index (χ0) is 45.5. The number of esters is 2. The van der Waals surface area contributed by atoms with Crippen molar-refractivity contribution in [2.24, 2.45) is 0 Å². The molecule has 0 spiro atoms. The van der Waals surface area contributed by atoms with Gasteiger partial charge in [0.25, 0.3) is 0 Å². The average molecular weight is 907 g/mol. The summed E-state index contributed by atoms with van der Waals surface area (Å²) < 4.78 is 47.6. The summed E-state index contributed by atoms with van der Waals surface area (Å²) in [7, 11) is -9.77. The van der Waals surface area contributed by atoms with E-state index in [1.165, 1.54) is 19.3 Å². The molecule has 0 amide bonds. The summed E-state index contributed by atoms with van der Waals surface area (Å²) in [5, 5.41) is 29.9. The largest absolute Gasteiger partial charge is 0.472 e. The van der Waals surface area contributed by atoms with Crippen LogP contribution in [-0.2, 0) is 41.8 Å². The molecule has 0 aromatic carbocycles. The van der Waals surface area contributed by atoms with Crippen molar-refractivity contribution < 1.29 is 71.8 Å². The lowest BCUT2D eigenvalue weighted by atomic mass is 10.1. The summed E-state index contributed by atoms with van der Waals surface area (Å²) in [6.45, 7) is 1.34. The van der Waals surface area contributed by atoms with Crippen LogP contribution in [-0.4, -0.2) is 92.8 Å². The SMILES string of the molecule is CCCCC/C=C\C/C=C\CCCCCCCC(=O)OC[C@H](COP(=O)(O)OC[C@@H](O)COP(=O)(O)O)OC(=O)CCC[C@H](O)/C=C/C=C\C/C=C\C=C\[C@H](O)CCCCC. The Labute approximate surface area is 364 Å². The molecule has 0 fully saturated rings. The summed E-state index contributed by atoms with van der Waals surface area (Å²) in [6, 6.07) is 0. The first-order valence-corrected chi connectivity index (χ1v) is 24.9. The van der Waals surface area contributed by atoms with Crippen molar-refractivity contribution in [3.8, 4) is 0 Å². The smallest absolute Gasteiger partial charge is 0.462 e. The Morgan fingerprint density at radius 2 is 1.05 bits per heavy atom. The monoisotopic (exact) mass is 906 g/mol. The maximum absolute atomic E-state index is 12.7. The zero-order valence-electron chi connectivity index (χ0n) is 36.5. The number of carbonyl (C=O) groups is 2. The average Bonchev–Trinajstić information content (AvgIpc) is 3.21. The van der Waals surface area contributed by atoms with Gasteiger partial charge in [-0.3, -0.25) is 23.2 Å². The summed E-state index contributed by atoms with van der Waals surface area (Å²) in [5.41, 5.74) is 0. The van der Waals surface area contributed by atoms with Gasteiger partial charge in [0, 0.05) is 12.8 Å². The van der Waals surface area contributed by atoms with Crippen LogP contribution in [0.15, 0.2) is 72.9 Å². The Kier molecular flexibility index (Phi) is 37.5. The van der Waals surface area contributed by atoms with E-state index in [4.69, 9.17) is 23.8 Å². The van der Waals surface area contributed by atoms with Crippen LogP contribution >= 0.6 is 15.6 Å². The van der Waals surface area contributed by atoms with Crippen molar-refractivity contribution in [3.63, 3.8) is 0 Å². The Hall–Kier alpha value is -2.52. The molecule has 0 aliphatic heterocycles. The number of hydrogen-bond acceptors (Lipinski definition) is 12. The highest BCUT2D eigenvalue weighted by atomic mass is 31.2. The van der Waals surface area contributed by atoms with E-state index in [0.717, 1.165) is 70.6 Å². The van der Waals surface area contributed by atoms with Crippen molar-refractivity contribution in [1.82, 2.24) is 0 Å². The van der Waals surface area contributed by atoms with Gasteiger partial charge in [-0.05, 0) is 64.2 Å². The van der Waals surface area contributed by atoms with E-state index in [1.807, 2.05) is 24.3 Å². The number of aliphatic hydroxyl groups is 3. The molecule has 0 bridgehead atoms.